The summed E-state index contributed by atoms with van der Waals surface area (Å²) in [5.74, 6) is 0.507. The van der Waals surface area contributed by atoms with E-state index in [9.17, 15) is 18.0 Å². The van der Waals surface area contributed by atoms with Gasteiger partial charge in [-0.1, -0.05) is 0 Å². The number of thiazole rings is 1. The number of amides is 2. The van der Waals surface area contributed by atoms with Gasteiger partial charge in [-0.15, -0.1) is 11.3 Å². The molecule has 0 radical (unpaired) electrons. The van der Waals surface area contributed by atoms with Crippen LogP contribution in [0, 0.1) is 0 Å². The van der Waals surface area contributed by atoms with Crippen LogP contribution in [0.15, 0.2) is 52.7 Å². The largest absolute Gasteiger partial charge is 0.479 e. The smallest absolute Gasteiger partial charge is 0.267 e. The second-order valence-corrected chi connectivity index (χ2v) is 10.7. The van der Waals surface area contributed by atoms with Crippen LogP contribution < -0.4 is 19.3 Å². The number of hydrogen-bond acceptors (Lipinski definition) is 7. The monoisotopic (exact) mass is 498 g/mol. The summed E-state index contributed by atoms with van der Waals surface area (Å²) in [5.41, 5.74) is 2.63. The Hall–Kier alpha value is -3.44. The van der Waals surface area contributed by atoms with Crippen molar-refractivity contribution in [2.45, 2.75) is 30.8 Å². The Kier molecular flexibility index (Phi) is 5.53. The van der Waals surface area contributed by atoms with Crippen molar-refractivity contribution in [2.24, 2.45) is 0 Å². The molecule has 1 atom stereocenters. The molecule has 5 rings (SSSR count). The molecule has 1 unspecified atom stereocenters. The van der Waals surface area contributed by atoms with Crippen LogP contribution in [-0.2, 0) is 19.6 Å². The molecule has 11 heteroatoms. The van der Waals surface area contributed by atoms with Gasteiger partial charge in [-0.05, 0) is 55.8 Å². The second kappa shape index (κ2) is 8.41. The number of hydrogen-bond donors (Lipinski definition) is 1. The van der Waals surface area contributed by atoms with Gasteiger partial charge in [0.1, 0.15) is 5.75 Å². The van der Waals surface area contributed by atoms with E-state index in [0.717, 1.165) is 23.3 Å². The highest BCUT2D eigenvalue weighted by Gasteiger charge is 2.29. The van der Waals surface area contributed by atoms with Gasteiger partial charge in [-0.3, -0.25) is 14.3 Å². The molecule has 1 N–H and O–H groups in total. The van der Waals surface area contributed by atoms with Crippen LogP contribution in [-0.4, -0.2) is 44.9 Å². The molecule has 2 aliphatic heterocycles. The Bertz CT molecular complexity index is 1380. The van der Waals surface area contributed by atoms with Crippen molar-refractivity contribution in [3.63, 3.8) is 0 Å². The fourth-order valence-electron chi connectivity index (χ4n) is 4.02. The van der Waals surface area contributed by atoms with Crippen molar-refractivity contribution < 1.29 is 22.7 Å². The van der Waals surface area contributed by atoms with Gasteiger partial charge in [-0.2, -0.15) is 0 Å². The first-order valence-electron chi connectivity index (χ1n) is 10.7. The van der Waals surface area contributed by atoms with Gasteiger partial charge in [0.15, 0.2) is 11.2 Å². The maximum atomic E-state index is 12.9. The lowest BCUT2D eigenvalue weighted by molar-refractivity contribution is -0.125. The van der Waals surface area contributed by atoms with Crippen LogP contribution in [0.25, 0.3) is 11.3 Å². The minimum Gasteiger partial charge on any atom is -0.479 e. The third-order valence-corrected chi connectivity index (χ3v) is 8.10. The standard InChI is InChI=1S/C23H22N4O5S2/c1-14-22(29)26(2)19-12-15(5-10-20(19)32-14)18-13-33-23(24-18)25-34(30,31)17-8-6-16(7-9-17)27-11-3-4-21(27)28/h5-10,12-14H,3-4,11H2,1-2H3,(H,24,25). The lowest BCUT2D eigenvalue weighted by Crippen LogP contribution is -2.41. The number of nitrogens with zero attached hydrogens (tertiary/aromatic N) is 3. The molecular weight excluding hydrogens is 476 g/mol. The van der Waals surface area contributed by atoms with Crippen molar-refractivity contribution in [1.82, 2.24) is 4.98 Å². The zero-order chi connectivity index (χ0) is 24.0. The molecule has 1 aromatic heterocycles. The van der Waals surface area contributed by atoms with E-state index in [0.29, 0.717) is 35.8 Å². The maximum Gasteiger partial charge on any atom is 0.267 e. The van der Waals surface area contributed by atoms with E-state index in [1.54, 1.807) is 53.4 Å². The van der Waals surface area contributed by atoms with Gasteiger partial charge in [0.2, 0.25) is 5.91 Å². The molecular formula is C23H22N4O5S2. The number of rotatable bonds is 5. The van der Waals surface area contributed by atoms with E-state index in [4.69, 9.17) is 4.74 Å². The van der Waals surface area contributed by atoms with E-state index in [1.165, 1.54) is 12.1 Å². The minimum atomic E-state index is -3.85. The molecule has 1 fully saturated rings. The summed E-state index contributed by atoms with van der Waals surface area (Å²) in [7, 11) is -2.16. The molecule has 2 aromatic carbocycles. The van der Waals surface area contributed by atoms with Gasteiger partial charge in [-0.25, -0.2) is 13.4 Å². The van der Waals surface area contributed by atoms with E-state index >= 15 is 0 Å². The van der Waals surface area contributed by atoms with E-state index in [-0.39, 0.29) is 21.8 Å². The number of sulfonamides is 1. The Morgan fingerprint density at radius 3 is 2.62 bits per heavy atom. The highest BCUT2D eigenvalue weighted by atomic mass is 32.2. The molecule has 0 saturated carbocycles. The van der Waals surface area contributed by atoms with E-state index in [1.807, 2.05) is 6.07 Å². The van der Waals surface area contributed by atoms with Crippen LogP contribution >= 0.6 is 11.3 Å². The fourth-order valence-corrected chi connectivity index (χ4v) is 6.00. The summed E-state index contributed by atoms with van der Waals surface area (Å²) < 4.78 is 33.9. The molecule has 2 amide bonds. The van der Waals surface area contributed by atoms with Gasteiger partial charge in [0.25, 0.3) is 15.9 Å². The van der Waals surface area contributed by atoms with Crippen LogP contribution in [0.5, 0.6) is 5.75 Å². The summed E-state index contributed by atoms with van der Waals surface area (Å²) >= 11 is 1.16. The number of nitrogens with one attached hydrogen (secondary N) is 1. The Labute approximate surface area is 201 Å². The second-order valence-electron chi connectivity index (χ2n) is 8.13. The highest BCUT2D eigenvalue weighted by Crippen LogP contribution is 2.37. The zero-order valence-corrected chi connectivity index (χ0v) is 20.1. The van der Waals surface area contributed by atoms with Gasteiger partial charge in [0, 0.05) is 36.6 Å². The molecule has 2 aliphatic rings. The van der Waals surface area contributed by atoms with Gasteiger partial charge in [0.05, 0.1) is 16.3 Å². The Morgan fingerprint density at radius 2 is 1.91 bits per heavy atom. The number of benzene rings is 2. The molecule has 1 saturated heterocycles. The van der Waals surface area contributed by atoms with Crippen molar-refractivity contribution in [2.75, 3.05) is 28.1 Å². The first kappa shape index (κ1) is 22.4. The SMILES string of the molecule is CC1Oc2ccc(-c3csc(NS(=O)(=O)c4ccc(N5CCCC5=O)cc4)n3)cc2N(C)C1=O. The lowest BCUT2D eigenvalue weighted by Gasteiger charge is -2.30. The Balaban J connectivity index is 1.34. The number of anilines is 3. The fraction of sp³-hybridized carbons (Fsp3) is 0.261. The van der Waals surface area contributed by atoms with Crippen molar-refractivity contribution in [3.05, 3.63) is 47.8 Å². The number of carbonyl (C=O) groups is 2. The summed E-state index contributed by atoms with van der Waals surface area (Å²) in [4.78, 5) is 31.8. The van der Waals surface area contributed by atoms with E-state index in [2.05, 4.69) is 9.71 Å². The van der Waals surface area contributed by atoms with Crippen LogP contribution in [0.3, 0.4) is 0 Å². The van der Waals surface area contributed by atoms with Crippen LogP contribution in [0.1, 0.15) is 19.8 Å². The van der Waals surface area contributed by atoms with E-state index < -0.39 is 16.1 Å². The highest BCUT2D eigenvalue weighted by molar-refractivity contribution is 7.93. The predicted octanol–water partition coefficient (Wildman–Crippen LogP) is 3.48. The molecule has 9 nitrogen and oxygen atoms in total. The normalized spacial score (nSPS) is 18.1. The average Bonchev–Trinajstić information content (AvgIpc) is 3.46. The van der Waals surface area contributed by atoms with Crippen LogP contribution in [0.4, 0.5) is 16.5 Å². The third kappa shape index (κ3) is 4.01. The summed E-state index contributed by atoms with van der Waals surface area (Å²) in [6.07, 6.45) is 0.765. The number of carbonyl (C=O) groups excluding carboxylic acids is 2. The topological polar surface area (TPSA) is 109 Å². The first-order valence-corrected chi connectivity index (χ1v) is 13.1. The average molecular weight is 499 g/mol. The van der Waals surface area contributed by atoms with Crippen molar-refractivity contribution in [1.29, 1.82) is 0 Å². The number of ether oxygens (including phenoxy) is 1. The third-order valence-electron chi connectivity index (χ3n) is 5.86. The summed E-state index contributed by atoms with van der Waals surface area (Å²) in [5, 5.41) is 1.97. The van der Waals surface area contributed by atoms with Crippen molar-refractivity contribution in [3.8, 4) is 17.0 Å². The molecule has 0 bridgehead atoms. The molecule has 3 heterocycles. The number of fused-ring (bicyclic) bond motifs is 1. The first-order chi connectivity index (χ1) is 16.2. The molecule has 0 aliphatic carbocycles. The van der Waals surface area contributed by atoms with Gasteiger partial charge >= 0.3 is 0 Å². The van der Waals surface area contributed by atoms with Crippen molar-refractivity contribution >= 4 is 49.7 Å². The molecule has 0 spiro atoms. The maximum absolute atomic E-state index is 12.9. The van der Waals surface area contributed by atoms with Gasteiger partial charge < -0.3 is 14.5 Å². The molecule has 34 heavy (non-hydrogen) atoms. The number of aromatic nitrogens is 1. The molecule has 176 valence electrons. The minimum absolute atomic E-state index is 0.0443. The Morgan fingerprint density at radius 1 is 1.15 bits per heavy atom. The summed E-state index contributed by atoms with van der Waals surface area (Å²) in [6.45, 7) is 2.34. The molecule has 3 aromatic rings. The quantitative estimate of drug-likeness (QED) is 0.577. The zero-order valence-electron chi connectivity index (χ0n) is 18.5. The predicted molar refractivity (Wildman–Crippen MR) is 130 cm³/mol. The number of likely N-dealkylation sites (N-methyl/N-ethyl adjacent to an activating group) is 1. The lowest BCUT2D eigenvalue weighted by atomic mass is 10.1. The van der Waals surface area contributed by atoms with Crippen LogP contribution in [0.2, 0.25) is 0 Å². The summed E-state index contributed by atoms with van der Waals surface area (Å²) in [6, 6.07) is 11.6.